The zero-order valence-corrected chi connectivity index (χ0v) is 14.9. The third-order valence-electron chi connectivity index (χ3n) is 4.62. The first-order valence-corrected chi connectivity index (χ1v) is 8.64. The van der Waals surface area contributed by atoms with Crippen LogP contribution < -0.4 is 0 Å². The Morgan fingerprint density at radius 1 is 1.28 bits per heavy atom. The first-order valence-electron chi connectivity index (χ1n) is 8.64. The molecule has 25 heavy (non-hydrogen) atoms. The number of fused-ring (bicyclic) bond motifs is 1. The second-order valence-electron chi connectivity index (χ2n) is 7.62. The van der Waals surface area contributed by atoms with E-state index in [1.54, 1.807) is 6.26 Å². The van der Waals surface area contributed by atoms with E-state index < -0.39 is 0 Å². The topological polar surface area (TPSA) is 70.8 Å². The van der Waals surface area contributed by atoms with Crippen molar-refractivity contribution in [3.05, 3.63) is 53.3 Å². The van der Waals surface area contributed by atoms with Crippen LogP contribution in [0.4, 0.5) is 0 Å². The number of nitrogens with one attached hydrogen (secondary N) is 1. The molecule has 0 saturated heterocycles. The molecular formula is C19H23N5O. The Morgan fingerprint density at radius 2 is 2.16 bits per heavy atom. The maximum Gasteiger partial charge on any atom is 0.195 e. The molecule has 0 fully saturated rings. The summed E-state index contributed by atoms with van der Waals surface area (Å²) in [6.45, 7) is 9.36. The summed E-state index contributed by atoms with van der Waals surface area (Å²) < 4.78 is 5.40. The molecule has 1 N–H and O–H groups in total. The highest BCUT2D eigenvalue weighted by molar-refractivity contribution is 5.47. The summed E-state index contributed by atoms with van der Waals surface area (Å²) in [6.07, 6.45) is 6.46. The zero-order chi connectivity index (χ0) is 17.4. The summed E-state index contributed by atoms with van der Waals surface area (Å²) >= 11 is 0. The van der Waals surface area contributed by atoms with Crippen LogP contribution in [0.3, 0.4) is 0 Å². The van der Waals surface area contributed by atoms with E-state index in [2.05, 4.69) is 40.9 Å². The lowest BCUT2D eigenvalue weighted by molar-refractivity contribution is 0.241. The minimum Gasteiger partial charge on any atom is -0.461 e. The van der Waals surface area contributed by atoms with Gasteiger partial charge < -0.3 is 4.42 Å². The fraction of sp³-hybridized carbons (Fsp3) is 0.421. The maximum atomic E-state index is 5.40. The molecule has 3 aromatic rings. The van der Waals surface area contributed by atoms with Gasteiger partial charge in [0.05, 0.1) is 18.2 Å². The van der Waals surface area contributed by atoms with Crippen molar-refractivity contribution < 1.29 is 4.42 Å². The number of nitrogens with zero attached hydrogens (tertiary/aromatic N) is 4. The number of aromatic nitrogens is 4. The predicted molar refractivity (Wildman–Crippen MR) is 94.8 cm³/mol. The molecule has 3 aromatic heterocycles. The molecule has 0 saturated carbocycles. The van der Waals surface area contributed by atoms with E-state index in [-0.39, 0.29) is 5.41 Å². The Kier molecular flexibility index (Phi) is 3.92. The van der Waals surface area contributed by atoms with Crippen LogP contribution in [0.25, 0.3) is 11.6 Å². The van der Waals surface area contributed by atoms with Crippen molar-refractivity contribution >= 4 is 0 Å². The first-order chi connectivity index (χ1) is 12.0. The lowest BCUT2D eigenvalue weighted by Gasteiger charge is -2.29. The molecule has 6 nitrogen and oxygen atoms in total. The maximum absolute atomic E-state index is 5.40. The summed E-state index contributed by atoms with van der Waals surface area (Å²) in [5.41, 5.74) is 4.87. The highest BCUT2D eigenvalue weighted by Crippen LogP contribution is 2.26. The number of H-pyrrole nitrogens is 1. The molecule has 4 rings (SSSR count). The van der Waals surface area contributed by atoms with Gasteiger partial charge in [-0.05, 0) is 12.1 Å². The van der Waals surface area contributed by atoms with Crippen LogP contribution >= 0.6 is 0 Å². The molecule has 0 spiro atoms. The van der Waals surface area contributed by atoms with Crippen LogP contribution in [0.2, 0.25) is 0 Å². The summed E-state index contributed by atoms with van der Waals surface area (Å²) in [7, 11) is 0. The molecule has 4 heterocycles. The van der Waals surface area contributed by atoms with Crippen molar-refractivity contribution in [3.8, 4) is 11.6 Å². The zero-order valence-electron chi connectivity index (χ0n) is 14.9. The Balaban J connectivity index is 1.51. The van der Waals surface area contributed by atoms with Crippen molar-refractivity contribution in [2.75, 3.05) is 6.54 Å². The van der Waals surface area contributed by atoms with E-state index in [4.69, 9.17) is 9.40 Å². The molecule has 0 aromatic carbocycles. The standard InChI is InChI=1S/C19H23N5O/c1-19(2,3)17-14(10-21-23-17)12-24-7-6-15-13(11-24)9-20-18(22-15)16-5-4-8-25-16/h4-5,8-10H,6-7,11-12H2,1-3H3,(H,21,23). The van der Waals surface area contributed by atoms with Gasteiger partial charge in [-0.1, -0.05) is 20.8 Å². The summed E-state index contributed by atoms with van der Waals surface area (Å²) in [4.78, 5) is 11.6. The van der Waals surface area contributed by atoms with Gasteiger partial charge in [-0.15, -0.1) is 0 Å². The smallest absolute Gasteiger partial charge is 0.195 e. The van der Waals surface area contributed by atoms with Crippen molar-refractivity contribution in [2.24, 2.45) is 0 Å². The molecule has 6 heteroatoms. The lowest BCUT2D eigenvalue weighted by Crippen LogP contribution is -2.31. The van der Waals surface area contributed by atoms with Gasteiger partial charge in [0.2, 0.25) is 0 Å². The normalized spacial score (nSPS) is 15.3. The minimum absolute atomic E-state index is 0.0700. The van der Waals surface area contributed by atoms with Gasteiger partial charge in [-0.3, -0.25) is 10.00 Å². The van der Waals surface area contributed by atoms with Crippen molar-refractivity contribution in [3.63, 3.8) is 0 Å². The SMILES string of the molecule is CC(C)(C)c1[nH]ncc1CN1CCc2nc(-c3ccco3)ncc2C1. The largest absolute Gasteiger partial charge is 0.461 e. The van der Waals surface area contributed by atoms with Crippen LogP contribution in [0.15, 0.2) is 35.2 Å². The van der Waals surface area contributed by atoms with Crippen LogP contribution in [-0.4, -0.2) is 31.6 Å². The van der Waals surface area contributed by atoms with Crippen LogP contribution in [0, 0.1) is 0 Å². The Bertz CT molecular complexity index is 860. The van der Waals surface area contributed by atoms with Gasteiger partial charge in [0.1, 0.15) is 0 Å². The monoisotopic (exact) mass is 337 g/mol. The fourth-order valence-electron chi connectivity index (χ4n) is 3.36. The van der Waals surface area contributed by atoms with E-state index in [9.17, 15) is 0 Å². The molecular weight excluding hydrogens is 314 g/mol. The van der Waals surface area contributed by atoms with Crippen LogP contribution in [0.1, 0.15) is 43.3 Å². The molecule has 0 radical (unpaired) electrons. The average Bonchev–Trinajstić information content (AvgIpc) is 3.25. The Hall–Kier alpha value is -2.47. The number of hydrogen-bond donors (Lipinski definition) is 1. The molecule has 0 unspecified atom stereocenters. The lowest BCUT2D eigenvalue weighted by atomic mass is 9.89. The average molecular weight is 337 g/mol. The number of hydrogen-bond acceptors (Lipinski definition) is 5. The molecule has 1 aliphatic rings. The second kappa shape index (κ2) is 6.11. The van der Waals surface area contributed by atoms with Gasteiger partial charge in [0.25, 0.3) is 0 Å². The third-order valence-corrected chi connectivity index (χ3v) is 4.62. The second-order valence-corrected chi connectivity index (χ2v) is 7.62. The molecule has 1 aliphatic heterocycles. The van der Waals surface area contributed by atoms with Crippen molar-refractivity contribution in [1.29, 1.82) is 0 Å². The summed E-state index contributed by atoms with van der Waals surface area (Å²) in [5, 5.41) is 7.42. The van der Waals surface area contributed by atoms with E-state index in [0.29, 0.717) is 5.82 Å². The number of aromatic amines is 1. The summed E-state index contributed by atoms with van der Waals surface area (Å²) in [6, 6.07) is 3.75. The number of furan rings is 1. The Labute approximate surface area is 147 Å². The van der Waals surface area contributed by atoms with Gasteiger partial charge in [-0.25, -0.2) is 9.97 Å². The fourth-order valence-corrected chi connectivity index (χ4v) is 3.36. The van der Waals surface area contributed by atoms with Gasteiger partial charge in [0, 0.05) is 54.5 Å². The molecule has 130 valence electrons. The van der Waals surface area contributed by atoms with E-state index >= 15 is 0 Å². The molecule has 0 bridgehead atoms. The van der Waals surface area contributed by atoms with Gasteiger partial charge >= 0.3 is 0 Å². The highest BCUT2D eigenvalue weighted by Gasteiger charge is 2.24. The van der Waals surface area contributed by atoms with Crippen molar-refractivity contribution in [1.82, 2.24) is 25.1 Å². The van der Waals surface area contributed by atoms with Crippen LogP contribution in [-0.2, 0) is 24.9 Å². The first kappa shape index (κ1) is 16.0. The van der Waals surface area contributed by atoms with Crippen LogP contribution in [0.5, 0.6) is 0 Å². The number of rotatable bonds is 3. The summed E-state index contributed by atoms with van der Waals surface area (Å²) in [5.74, 6) is 1.39. The molecule has 0 aliphatic carbocycles. The molecule has 0 atom stereocenters. The molecule has 0 amide bonds. The van der Waals surface area contributed by atoms with Crippen molar-refractivity contribution in [2.45, 2.75) is 45.7 Å². The highest BCUT2D eigenvalue weighted by atomic mass is 16.3. The van der Waals surface area contributed by atoms with Gasteiger partial charge in [-0.2, -0.15) is 5.10 Å². The van der Waals surface area contributed by atoms with E-state index in [1.165, 1.54) is 16.8 Å². The van der Waals surface area contributed by atoms with Gasteiger partial charge in [0.15, 0.2) is 11.6 Å². The quantitative estimate of drug-likeness (QED) is 0.794. The third kappa shape index (κ3) is 3.22. The predicted octanol–water partition coefficient (Wildman–Crippen LogP) is 3.32. The van der Waals surface area contributed by atoms with E-state index in [0.717, 1.165) is 37.5 Å². The minimum atomic E-state index is 0.0700. The Morgan fingerprint density at radius 3 is 2.92 bits per heavy atom. The van der Waals surface area contributed by atoms with E-state index in [1.807, 2.05) is 24.5 Å².